The molecule has 2 unspecified atom stereocenters. The van der Waals surface area contributed by atoms with Crippen LogP contribution in [0.4, 0.5) is 4.39 Å². The summed E-state index contributed by atoms with van der Waals surface area (Å²) in [5.74, 6) is 0.358. The Bertz CT molecular complexity index is 1660. The Morgan fingerprint density at radius 2 is 1.98 bits per heavy atom. The molecule has 0 aromatic heterocycles. The van der Waals surface area contributed by atoms with Gasteiger partial charge in [0.2, 0.25) is 0 Å². The predicted molar refractivity (Wildman–Crippen MR) is 160 cm³/mol. The Labute approximate surface area is 244 Å². The summed E-state index contributed by atoms with van der Waals surface area (Å²) in [7, 11) is 1.62. The minimum Gasteiger partial charge on any atom is -0.383 e. The summed E-state index contributed by atoms with van der Waals surface area (Å²) in [6.45, 7) is 4.65. The van der Waals surface area contributed by atoms with Crippen LogP contribution in [-0.2, 0) is 4.74 Å². The number of carbonyl (C=O) groups excluding carboxylic acids is 1. The van der Waals surface area contributed by atoms with Gasteiger partial charge >= 0.3 is 0 Å². The van der Waals surface area contributed by atoms with Gasteiger partial charge in [0, 0.05) is 48.1 Å². The van der Waals surface area contributed by atoms with Crippen LogP contribution in [0.25, 0.3) is 5.57 Å². The summed E-state index contributed by atoms with van der Waals surface area (Å²) in [4.78, 5) is 20.3. The molecule has 6 rings (SSSR count). The Morgan fingerprint density at radius 1 is 1.17 bits per heavy atom. The summed E-state index contributed by atoms with van der Waals surface area (Å²) in [5.41, 5.74) is 5.28. The highest BCUT2D eigenvalue weighted by atomic mass is 35.5. The number of aryl methyl sites for hydroxylation is 1. The number of amides is 1. The average Bonchev–Trinajstić information content (AvgIpc) is 3.31. The molecule has 0 radical (unpaired) electrons. The van der Waals surface area contributed by atoms with Gasteiger partial charge in [-0.15, -0.1) is 0 Å². The monoisotopic (exact) mass is 569 g/mol. The van der Waals surface area contributed by atoms with Crippen molar-refractivity contribution in [2.24, 2.45) is 16.8 Å². The van der Waals surface area contributed by atoms with Crippen LogP contribution in [0.1, 0.15) is 39.5 Å². The fraction of sp³-hybridized carbons (Fsp3) is 0.294. The molecule has 1 aliphatic carbocycles. The molecule has 41 heavy (non-hydrogen) atoms. The van der Waals surface area contributed by atoms with Crippen LogP contribution in [0.15, 0.2) is 89.6 Å². The van der Waals surface area contributed by atoms with E-state index in [1.807, 2.05) is 37.3 Å². The number of benzene rings is 3. The van der Waals surface area contributed by atoms with E-state index in [0.29, 0.717) is 35.2 Å². The molecule has 2 aliphatic heterocycles. The maximum Gasteiger partial charge on any atom is 0.252 e. The molecule has 5 nitrogen and oxygen atoms in total. The first-order valence-electron chi connectivity index (χ1n) is 14.1. The fourth-order valence-electron chi connectivity index (χ4n) is 6.25. The van der Waals surface area contributed by atoms with Crippen LogP contribution in [-0.4, -0.2) is 44.2 Å². The molecule has 0 spiro atoms. The highest BCUT2D eigenvalue weighted by molar-refractivity contribution is 6.30. The van der Waals surface area contributed by atoms with E-state index in [0.717, 1.165) is 52.5 Å². The van der Waals surface area contributed by atoms with E-state index in [2.05, 4.69) is 40.6 Å². The molecule has 0 bridgehead atoms. The van der Waals surface area contributed by atoms with E-state index in [1.165, 1.54) is 6.07 Å². The number of likely N-dealkylation sites (tertiary alicyclic amines) is 1. The molecule has 7 heteroatoms. The highest BCUT2D eigenvalue weighted by Crippen LogP contribution is 2.39. The Balaban J connectivity index is 1.18. The zero-order chi connectivity index (χ0) is 28.5. The van der Waals surface area contributed by atoms with Gasteiger partial charge < -0.3 is 10.1 Å². The molecule has 0 saturated carbocycles. The number of fused-ring (bicyclic) bond motifs is 2. The number of methoxy groups -OCH3 is 1. The third-order valence-electron chi connectivity index (χ3n) is 8.21. The Morgan fingerprint density at radius 3 is 2.73 bits per heavy atom. The summed E-state index contributed by atoms with van der Waals surface area (Å²) >= 11 is 6.05. The molecule has 3 aromatic rings. The van der Waals surface area contributed by atoms with Crippen molar-refractivity contribution in [3.05, 3.63) is 128 Å². The molecule has 3 aromatic carbocycles. The van der Waals surface area contributed by atoms with E-state index in [1.54, 1.807) is 19.2 Å². The summed E-state index contributed by atoms with van der Waals surface area (Å²) in [6, 6.07) is 18.9. The zero-order valence-electron chi connectivity index (χ0n) is 23.2. The number of nitrogens with zero attached hydrogens (tertiary/aromatic N) is 2. The van der Waals surface area contributed by atoms with Crippen molar-refractivity contribution in [1.82, 2.24) is 10.2 Å². The van der Waals surface area contributed by atoms with Gasteiger partial charge in [-0.25, -0.2) is 9.38 Å². The molecular weight excluding hydrogens is 537 g/mol. The Kier molecular flexibility index (Phi) is 7.89. The number of ether oxygens (including phenoxy) is 1. The van der Waals surface area contributed by atoms with Crippen LogP contribution >= 0.6 is 11.6 Å². The normalized spacial score (nSPS) is 18.7. The molecular formula is C34H33ClFN3O2. The van der Waals surface area contributed by atoms with Gasteiger partial charge in [0.1, 0.15) is 5.82 Å². The van der Waals surface area contributed by atoms with Crippen molar-refractivity contribution < 1.29 is 13.9 Å². The second-order valence-corrected chi connectivity index (χ2v) is 11.5. The maximum atomic E-state index is 15.0. The summed E-state index contributed by atoms with van der Waals surface area (Å²) in [6.07, 6.45) is 7.58. The predicted octanol–water partition coefficient (Wildman–Crippen LogP) is 5.13. The minimum absolute atomic E-state index is 0.101. The van der Waals surface area contributed by atoms with Crippen molar-refractivity contribution in [2.45, 2.75) is 19.4 Å². The molecule has 1 N–H and O–H groups in total. The number of allylic oxidation sites excluding steroid dienone is 3. The quantitative estimate of drug-likeness (QED) is 0.364. The van der Waals surface area contributed by atoms with Crippen LogP contribution < -0.4 is 15.9 Å². The van der Waals surface area contributed by atoms with Gasteiger partial charge in [-0.05, 0) is 54.5 Å². The Hall–Kier alpha value is -3.58. The van der Waals surface area contributed by atoms with Crippen molar-refractivity contribution in [2.75, 3.05) is 33.4 Å². The number of halogens is 2. The van der Waals surface area contributed by atoms with Crippen LogP contribution in [0.2, 0.25) is 5.02 Å². The van der Waals surface area contributed by atoms with Gasteiger partial charge in [-0.1, -0.05) is 72.3 Å². The van der Waals surface area contributed by atoms with Gasteiger partial charge in [0.05, 0.1) is 29.3 Å². The fourth-order valence-corrected chi connectivity index (χ4v) is 6.41. The van der Waals surface area contributed by atoms with Crippen LogP contribution in [0.3, 0.4) is 0 Å². The van der Waals surface area contributed by atoms with Gasteiger partial charge in [0.25, 0.3) is 5.91 Å². The lowest BCUT2D eigenvalue weighted by Crippen LogP contribution is -2.49. The van der Waals surface area contributed by atoms with Gasteiger partial charge in [-0.3, -0.25) is 9.69 Å². The third kappa shape index (κ3) is 5.52. The number of carbonyl (C=O) groups is 1. The first-order valence-corrected chi connectivity index (χ1v) is 14.4. The third-order valence-corrected chi connectivity index (χ3v) is 8.44. The van der Waals surface area contributed by atoms with Crippen molar-refractivity contribution in [1.29, 1.82) is 0 Å². The SMILES string of the molecule is COCCNC(=O)c1c(C)ccc2c1=C1C=CC(CC3CN(C(c4ccccc4)c4ccc(Cl)cc4F)C3)C=C1N=2. The standard InChI is InChI=1S/C34H33ClFN3O2/c1-21-8-13-29-32(31(21)34(40)37-14-15-41-2)27-11-9-22(17-30(27)38-29)16-23-19-39(20-23)33(24-6-4-3-5-7-24)26-12-10-25(35)18-28(26)36/h3-13,17-18,22-23,33H,14-16,19-20H2,1-2H3,(H,37,40). The number of hydrogen-bond donors (Lipinski definition) is 1. The number of hydrogen-bond acceptors (Lipinski definition) is 4. The van der Waals surface area contributed by atoms with Gasteiger partial charge in [0.15, 0.2) is 0 Å². The largest absolute Gasteiger partial charge is 0.383 e. The highest BCUT2D eigenvalue weighted by Gasteiger charge is 2.36. The van der Waals surface area contributed by atoms with E-state index in [9.17, 15) is 4.79 Å². The molecule has 1 saturated heterocycles. The minimum atomic E-state index is -0.276. The second kappa shape index (κ2) is 11.7. The van der Waals surface area contributed by atoms with E-state index >= 15 is 4.39 Å². The molecule has 1 fully saturated rings. The first kappa shape index (κ1) is 27.6. The number of rotatable bonds is 9. The molecule has 1 amide bonds. The lowest BCUT2D eigenvalue weighted by Gasteiger charge is -2.45. The molecule has 3 aliphatic rings. The lowest BCUT2D eigenvalue weighted by atomic mass is 9.83. The first-order chi connectivity index (χ1) is 19.9. The number of nitrogens with one attached hydrogen (secondary N) is 1. The van der Waals surface area contributed by atoms with E-state index in [4.69, 9.17) is 21.3 Å². The van der Waals surface area contributed by atoms with Crippen molar-refractivity contribution in [3.63, 3.8) is 0 Å². The van der Waals surface area contributed by atoms with Crippen molar-refractivity contribution >= 4 is 23.1 Å². The summed E-state index contributed by atoms with van der Waals surface area (Å²) < 4.78 is 20.1. The van der Waals surface area contributed by atoms with E-state index in [-0.39, 0.29) is 23.7 Å². The van der Waals surface area contributed by atoms with E-state index < -0.39 is 0 Å². The molecule has 2 atom stereocenters. The molecule has 2 heterocycles. The lowest BCUT2D eigenvalue weighted by molar-refractivity contribution is 0.0583. The smallest absolute Gasteiger partial charge is 0.252 e. The zero-order valence-corrected chi connectivity index (χ0v) is 24.0. The van der Waals surface area contributed by atoms with Gasteiger partial charge in [-0.2, -0.15) is 0 Å². The second-order valence-electron chi connectivity index (χ2n) is 11.0. The average molecular weight is 570 g/mol. The van der Waals surface area contributed by atoms with Crippen LogP contribution in [0, 0.1) is 24.6 Å². The summed E-state index contributed by atoms with van der Waals surface area (Å²) in [5, 5.41) is 5.11. The molecule has 210 valence electrons. The topological polar surface area (TPSA) is 53.9 Å². The van der Waals surface area contributed by atoms with Crippen molar-refractivity contribution in [3.8, 4) is 0 Å². The maximum absolute atomic E-state index is 15.0. The van der Waals surface area contributed by atoms with Crippen LogP contribution in [0.5, 0.6) is 0 Å².